The molecular formula is C20H28N2O3. The smallest absolute Gasteiger partial charge is 0.316 e. The van der Waals surface area contributed by atoms with Crippen LogP contribution in [-0.2, 0) is 9.59 Å². The molecule has 5 nitrogen and oxygen atoms in total. The molecule has 2 amide bonds. The van der Waals surface area contributed by atoms with Gasteiger partial charge in [-0.05, 0) is 48.6 Å². The van der Waals surface area contributed by atoms with Crippen LogP contribution in [0, 0.1) is 5.41 Å². The Balaban J connectivity index is 1.72. The molecule has 1 aromatic carbocycles. The van der Waals surface area contributed by atoms with Crippen LogP contribution in [0.5, 0.6) is 0 Å². The predicted molar refractivity (Wildman–Crippen MR) is 97.5 cm³/mol. The lowest BCUT2D eigenvalue weighted by molar-refractivity contribution is -0.146. The van der Waals surface area contributed by atoms with Gasteiger partial charge in [-0.3, -0.25) is 9.59 Å². The summed E-state index contributed by atoms with van der Waals surface area (Å²) in [5.41, 5.74) is 1.92. The van der Waals surface area contributed by atoms with Crippen molar-refractivity contribution in [3.63, 3.8) is 0 Å². The number of piperidine rings is 1. The van der Waals surface area contributed by atoms with E-state index in [1.165, 1.54) is 0 Å². The zero-order valence-corrected chi connectivity index (χ0v) is 15.2. The van der Waals surface area contributed by atoms with Gasteiger partial charge >= 0.3 is 11.8 Å². The number of nitrogens with zero attached hydrogens (tertiary/aromatic N) is 2. The van der Waals surface area contributed by atoms with Crippen molar-refractivity contribution in [2.24, 2.45) is 5.41 Å². The topological polar surface area (TPSA) is 60.9 Å². The molecule has 0 radical (unpaired) electrons. The highest BCUT2D eigenvalue weighted by Gasteiger charge is 2.38. The molecule has 25 heavy (non-hydrogen) atoms. The first-order chi connectivity index (χ1) is 12.0. The number of aliphatic hydroxyl groups is 1. The van der Waals surface area contributed by atoms with Crippen molar-refractivity contribution in [1.29, 1.82) is 0 Å². The Kier molecular flexibility index (Phi) is 5.13. The number of likely N-dealkylation sites (tertiary alicyclic amines) is 1. The van der Waals surface area contributed by atoms with Crippen LogP contribution in [-0.4, -0.2) is 48.1 Å². The van der Waals surface area contributed by atoms with Crippen molar-refractivity contribution >= 4 is 17.5 Å². The summed E-state index contributed by atoms with van der Waals surface area (Å²) >= 11 is 0. The van der Waals surface area contributed by atoms with Gasteiger partial charge in [-0.15, -0.1) is 0 Å². The van der Waals surface area contributed by atoms with Crippen LogP contribution < -0.4 is 4.90 Å². The predicted octanol–water partition coefficient (Wildman–Crippen LogP) is 2.54. The largest absolute Gasteiger partial charge is 0.396 e. The fourth-order valence-corrected chi connectivity index (χ4v) is 4.02. The molecule has 5 heteroatoms. The number of rotatable bonds is 2. The van der Waals surface area contributed by atoms with Gasteiger partial charge in [0, 0.05) is 31.9 Å². The number of amides is 2. The molecule has 1 atom stereocenters. The number of carbonyl (C=O) groups is 2. The molecular weight excluding hydrogens is 316 g/mol. The number of hydrogen-bond acceptors (Lipinski definition) is 3. The van der Waals surface area contributed by atoms with Crippen LogP contribution in [0.3, 0.4) is 0 Å². The molecule has 1 unspecified atom stereocenters. The van der Waals surface area contributed by atoms with Gasteiger partial charge in [0.15, 0.2) is 0 Å². The zero-order chi connectivity index (χ0) is 18.0. The summed E-state index contributed by atoms with van der Waals surface area (Å²) in [6.45, 7) is 6.07. The van der Waals surface area contributed by atoms with Crippen molar-refractivity contribution in [2.75, 3.05) is 31.1 Å². The van der Waals surface area contributed by atoms with E-state index in [0.29, 0.717) is 25.6 Å². The molecule has 1 N–H and O–H groups in total. The third-order valence-corrected chi connectivity index (χ3v) is 6.17. The molecule has 0 bridgehead atoms. The summed E-state index contributed by atoms with van der Waals surface area (Å²) < 4.78 is 0. The van der Waals surface area contributed by atoms with Crippen LogP contribution in [0.4, 0.5) is 5.69 Å². The Labute approximate surface area is 149 Å². The van der Waals surface area contributed by atoms with E-state index in [1.54, 1.807) is 9.80 Å². The van der Waals surface area contributed by atoms with Crippen LogP contribution >= 0.6 is 0 Å². The van der Waals surface area contributed by atoms with Crippen molar-refractivity contribution in [1.82, 2.24) is 4.90 Å². The minimum absolute atomic E-state index is 0.0903. The lowest BCUT2D eigenvalue weighted by Gasteiger charge is -2.41. The van der Waals surface area contributed by atoms with Gasteiger partial charge in [0.1, 0.15) is 0 Å². The molecule has 2 aliphatic rings. The minimum atomic E-state index is -0.424. The van der Waals surface area contributed by atoms with Gasteiger partial charge < -0.3 is 14.9 Å². The third kappa shape index (κ3) is 3.30. The fraction of sp³-hybridized carbons (Fsp3) is 0.600. The summed E-state index contributed by atoms with van der Waals surface area (Å²) in [5, 5.41) is 9.63. The molecule has 2 aliphatic heterocycles. The molecule has 1 saturated heterocycles. The maximum atomic E-state index is 12.9. The number of para-hydroxylation sites is 1. The van der Waals surface area contributed by atoms with Crippen molar-refractivity contribution in [3.8, 4) is 0 Å². The molecule has 3 rings (SSSR count). The SMILES string of the molecule is CCC1(CO)CCN(C(=O)C(=O)N2CCC(C)c3ccccc32)CC1. The highest BCUT2D eigenvalue weighted by molar-refractivity contribution is 6.40. The van der Waals surface area contributed by atoms with Crippen LogP contribution in [0.15, 0.2) is 24.3 Å². The maximum absolute atomic E-state index is 12.9. The molecule has 2 heterocycles. The van der Waals surface area contributed by atoms with E-state index in [2.05, 4.69) is 13.8 Å². The summed E-state index contributed by atoms with van der Waals surface area (Å²) in [5.74, 6) is -0.431. The summed E-state index contributed by atoms with van der Waals surface area (Å²) in [6, 6.07) is 7.87. The summed E-state index contributed by atoms with van der Waals surface area (Å²) in [7, 11) is 0. The molecule has 0 aliphatic carbocycles. The second-order valence-corrected chi connectivity index (χ2v) is 7.51. The Morgan fingerprint density at radius 3 is 2.48 bits per heavy atom. The lowest BCUT2D eigenvalue weighted by Crippen LogP contribution is -2.51. The minimum Gasteiger partial charge on any atom is -0.396 e. The standard InChI is InChI=1S/C20H28N2O3/c1-3-20(14-23)9-12-21(13-10-20)18(24)19(25)22-11-8-15(2)16-6-4-5-7-17(16)22/h4-7,15,23H,3,8-14H2,1-2H3. The van der Waals surface area contributed by atoms with Gasteiger partial charge in [0.25, 0.3) is 0 Å². The maximum Gasteiger partial charge on any atom is 0.316 e. The Hall–Kier alpha value is -1.88. The highest BCUT2D eigenvalue weighted by atomic mass is 16.3. The average molecular weight is 344 g/mol. The number of anilines is 1. The summed E-state index contributed by atoms with van der Waals surface area (Å²) in [6.07, 6.45) is 3.29. The molecule has 1 fully saturated rings. The molecule has 0 saturated carbocycles. The molecule has 1 aromatic rings. The Morgan fingerprint density at radius 1 is 1.16 bits per heavy atom. The number of hydrogen-bond donors (Lipinski definition) is 1. The Bertz CT molecular complexity index is 644. The van der Waals surface area contributed by atoms with Crippen molar-refractivity contribution < 1.29 is 14.7 Å². The normalized spacial score (nSPS) is 22.4. The lowest BCUT2D eigenvalue weighted by atomic mass is 9.77. The number of aliphatic hydroxyl groups excluding tert-OH is 1. The van der Waals surface area contributed by atoms with E-state index in [-0.39, 0.29) is 12.0 Å². The quantitative estimate of drug-likeness (QED) is 0.839. The van der Waals surface area contributed by atoms with Crippen LogP contribution in [0.25, 0.3) is 0 Å². The first-order valence-corrected chi connectivity index (χ1v) is 9.32. The zero-order valence-electron chi connectivity index (χ0n) is 15.2. The third-order valence-electron chi connectivity index (χ3n) is 6.17. The average Bonchev–Trinajstić information content (AvgIpc) is 2.67. The monoisotopic (exact) mass is 344 g/mol. The van der Waals surface area contributed by atoms with E-state index in [1.807, 2.05) is 24.3 Å². The molecule has 136 valence electrons. The molecule has 0 spiro atoms. The fourth-order valence-electron chi connectivity index (χ4n) is 4.02. The van der Waals surface area contributed by atoms with E-state index in [4.69, 9.17) is 0 Å². The first-order valence-electron chi connectivity index (χ1n) is 9.32. The van der Waals surface area contributed by atoms with Gasteiger partial charge in [-0.25, -0.2) is 0 Å². The van der Waals surface area contributed by atoms with E-state index in [9.17, 15) is 14.7 Å². The van der Waals surface area contributed by atoms with Crippen molar-refractivity contribution in [3.05, 3.63) is 29.8 Å². The highest BCUT2D eigenvalue weighted by Crippen LogP contribution is 2.36. The van der Waals surface area contributed by atoms with Gasteiger partial charge in [-0.1, -0.05) is 32.0 Å². The number of carbonyl (C=O) groups excluding carboxylic acids is 2. The molecule has 0 aromatic heterocycles. The second-order valence-electron chi connectivity index (χ2n) is 7.51. The summed E-state index contributed by atoms with van der Waals surface area (Å²) in [4.78, 5) is 28.9. The van der Waals surface area contributed by atoms with E-state index >= 15 is 0 Å². The van der Waals surface area contributed by atoms with E-state index < -0.39 is 11.8 Å². The van der Waals surface area contributed by atoms with Gasteiger partial charge in [-0.2, -0.15) is 0 Å². The Morgan fingerprint density at radius 2 is 1.84 bits per heavy atom. The van der Waals surface area contributed by atoms with Gasteiger partial charge in [0.2, 0.25) is 0 Å². The van der Waals surface area contributed by atoms with Crippen LogP contribution in [0.1, 0.15) is 51.0 Å². The first kappa shape index (κ1) is 17.9. The number of fused-ring (bicyclic) bond motifs is 1. The van der Waals surface area contributed by atoms with Gasteiger partial charge in [0.05, 0.1) is 0 Å². The van der Waals surface area contributed by atoms with E-state index in [0.717, 1.165) is 36.9 Å². The second kappa shape index (κ2) is 7.16. The van der Waals surface area contributed by atoms with Crippen molar-refractivity contribution in [2.45, 2.75) is 45.4 Å². The van der Waals surface area contributed by atoms with Crippen LogP contribution in [0.2, 0.25) is 0 Å². The number of benzene rings is 1.